The summed E-state index contributed by atoms with van der Waals surface area (Å²) in [5.41, 5.74) is 0.369. The maximum Gasteiger partial charge on any atom is 0.511 e. The van der Waals surface area contributed by atoms with Crippen LogP contribution >= 0.6 is 0 Å². The predicted molar refractivity (Wildman–Crippen MR) is 66.5 cm³/mol. The molecule has 0 aromatic heterocycles. The van der Waals surface area contributed by atoms with Gasteiger partial charge >= 0.3 is 13.1 Å². The maximum atomic E-state index is 11.2. The van der Waals surface area contributed by atoms with Gasteiger partial charge in [0.1, 0.15) is 17.1 Å². The molecule has 0 saturated heterocycles. The molecule has 88 valence electrons. The van der Waals surface area contributed by atoms with Crippen LogP contribution in [0.1, 0.15) is 15.9 Å². The van der Waals surface area contributed by atoms with E-state index in [0.29, 0.717) is 5.56 Å². The number of aromatic carboxylic acids is 1. The first-order chi connectivity index (χ1) is 8.36. The minimum atomic E-state index is -1.48. The van der Waals surface area contributed by atoms with Gasteiger partial charge in [-0.2, -0.15) is 0 Å². The van der Waals surface area contributed by atoms with E-state index < -0.39 is 18.2 Å². The fourth-order valence-corrected chi connectivity index (χ4v) is 1.89. The SMILES string of the molecule is [B]C1([B])Cc2ccc(OC)c(C(=O)O)c2OB1O. The van der Waals surface area contributed by atoms with Gasteiger partial charge in [-0.25, -0.2) is 4.79 Å². The van der Waals surface area contributed by atoms with E-state index in [1.54, 1.807) is 6.07 Å². The molecule has 0 spiro atoms. The highest BCUT2D eigenvalue weighted by atomic mass is 16.5. The van der Waals surface area contributed by atoms with Crippen molar-refractivity contribution in [3.05, 3.63) is 23.3 Å². The second kappa shape index (κ2) is 4.28. The Hall–Kier alpha value is -1.56. The van der Waals surface area contributed by atoms with Crippen molar-refractivity contribution in [3.63, 3.8) is 0 Å². The summed E-state index contributed by atoms with van der Waals surface area (Å²) < 4.78 is 10.1. The van der Waals surface area contributed by atoms with Crippen molar-refractivity contribution >= 4 is 28.8 Å². The van der Waals surface area contributed by atoms with E-state index in [-0.39, 0.29) is 23.5 Å². The van der Waals surface area contributed by atoms with Crippen LogP contribution in [0.3, 0.4) is 0 Å². The summed E-state index contributed by atoms with van der Waals surface area (Å²) in [5.74, 6) is -1.02. The first-order valence-corrected chi connectivity index (χ1v) is 5.22. The minimum Gasteiger partial charge on any atom is -0.536 e. The monoisotopic (exact) mass is 242 g/mol. The van der Waals surface area contributed by atoms with E-state index in [9.17, 15) is 9.82 Å². The van der Waals surface area contributed by atoms with Crippen molar-refractivity contribution in [3.8, 4) is 11.5 Å². The summed E-state index contributed by atoms with van der Waals surface area (Å²) in [6.07, 6.45) is 0.105. The van der Waals surface area contributed by atoms with Gasteiger partial charge in [-0.05, 0) is 23.2 Å². The van der Waals surface area contributed by atoms with Crippen molar-refractivity contribution in [2.24, 2.45) is 0 Å². The topological polar surface area (TPSA) is 76.0 Å². The van der Waals surface area contributed by atoms with Crippen molar-refractivity contribution in [2.45, 2.75) is 11.5 Å². The molecule has 8 heteroatoms. The van der Waals surface area contributed by atoms with Crippen LogP contribution in [-0.4, -0.2) is 46.0 Å². The number of fused-ring (bicyclic) bond motifs is 1. The minimum absolute atomic E-state index is 0.0425. The molecule has 2 N–H and O–H groups in total. The molecule has 4 radical (unpaired) electrons. The highest BCUT2D eigenvalue weighted by Crippen LogP contribution is 2.41. The molecule has 0 bridgehead atoms. The Bertz CT molecular complexity index is 503. The Morgan fingerprint density at radius 1 is 1.56 bits per heavy atom. The van der Waals surface area contributed by atoms with Gasteiger partial charge < -0.3 is 19.5 Å². The van der Waals surface area contributed by atoms with Gasteiger partial charge in [0.15, 0.2) is 0 Å². The first kappa shape index (κ1) is 12.9. The zero-order valence-electron chi connectivity index (χ0n) is 9.71. The van der Waals surface area contributed by atoms with Crippen molar-refractivity contribution in [1.29, 1.82) is 0 Å². The van der Waals surface area contributed by atoms with Crippen LogP contribution in [0.2, 0.25) is 5.11 Å². The molecule has 0 saturated carbocycles. The Balaban J connectivity index is 2.59. The lowest BCUT2D eigenvalue weighted by Crippen LogP contribution is -2.44. The third kappa shape index (κ3) is 1.97. The van der Waals surface area contributed by atoms with E-state index in [1.807, 2.05) is 0 Å². The first-order valence-electron chi connectivity index (χ1n) is 5.22. The van der Waals surface area contributed by atoms with Crippen LogP contribution in [0.5, 0.6) is 11.5 Å². The van der Waals surface area contributed by atoms with Crippen LogP contribution in [0, 0.1) is 0 Å². The fourth-order valence-electron chi connectivity index (χ4n) is 1.89. The summed E-state index contributed by atoms with van der Waals surface area (Å²) in [6.45, 7) is 0. The number of hydrogen-bond donors (Lipinski definition) is 2. The summed E-state index contributed by atoms with van der Waals surface area (Å²) in [6, 6.07) is 3.11. The molecule has 0 fully saturated rings. The normalized spacial score (nSPS) is 16.7. The van der Waals surface area contributed by atoms with E-state index >= 15 is 0 Å². The van der Waals surface area contributed by atoms with Crippen LogP contribution in [0.15, 0.2) is 12.1 Å². The van der Waals surface area contributed by atoms with Crippen LogP contribution in [-0.2, 0) is 6.42 Å². The number of benzene rings is 1. The molecule has 0 amide bonds. The van der Waals surface area contributed by atoms with Crippen molar-refractivity contribution in [2.75, 3.05) is 7.11 Å². The number of carboxylic acid groups (broad SMARTS) is 1. The quantitative estimate of drug-likeness (QED) is 0.702. The largest absolute Gasteiger partial charge is 0.536 e. The van der Waals surface area contributed by atoms with Crippen LogP contribution in [0.25, 0.3) is 0 Å². The molecule has 0 aliphatic carbocycles. The predicted octanol–water partition coefficient (Wildman–Crippen LogP) is -0.199. The van der Waals surface area contributed by atoms with Crippen molar-refractivity contribution in [1.82, 2.24) is 0 Å². The third-order valence-electron chi connectivity index (χ3n) is 2.82. The molecule has 1 heterocycles. The lowest BCUT2D eigenvalue weighted by molar-refractivity contribution is 0.0690. The summed E-state index contributed by atoms with van der Waals surface area (Å²) >= 11 is 0. The second-order valence-electron chi connectivity index (χ2n) is 4.20. The lowest BCUT2D eigenvalue weighted by Gasteiger charge is -2.34. The highest BCUT2D eigenvalue weighted by molar-refractivity contribution is 6.72. The Kier molecular flexibility index (Phi) is 3.06. The highest BCUT2D eigenvalue weighted by Gasteiger charge is 2.42. The number of carbonyl (C=O) groups is 1. The molecule has 2 rings (SSSR count). The molecular weight excluding hydrogens is 233 g/mol. The van der Waals surface area contributed by atoms with Crippen molar-refractivity contribution < 1.29 is 24.3 Å². The smallest absolute Gasteiger partial charge is 0.511 e. The molecule has 1 aromatic rings. The number of hydrogen-bond acceptors (Lipinski definition) is 4. The Morgan fingerprint density at radius 3 is 2.78 bits per heavy atom. The van der Waals surface area contributed by atoms with Gasteiger partial charge in [-0.15, -0.1) is 0 Å². The molecule has 1 aliphatic rings. The fraction of sp³-hybridized carbons (Fsp3) is 0.300. The molecule has 0 unspecified atom stereocenters. The number of rotatable bonds is 2. The second-order valence-corrected chi connectivity index (χ2v) is 4.20. The lowest BCUT2D eigenvalue weighted by atomic mass is 9.33. The van der Waals surface area contributed by atoms with Crippen LogP contribution in [0.4, 0.5) is 0 Å². The molecule has 0 atom stereocenters. The third-order valence-corrected chi connectivity index (χ3v) is 2.82. The average Bonchev–Trinajstić information content (AvgIpc) is 2.28. The Morgan fingerprint density at radius 2 is 2.22 bits per heavy atom. The van der Waals surface area contributed by atoms with E-state index in [0.717, 1.165) is 0 Å². The van der Waals surface area contributed by atoms with E-state index in [1.165, 1.54) is 13.2 Å². The van der Waals surface area contributed by atoms with Gasteiger partial charge in [0.2, 0.25) is 0 Å². The summed E-state index contributed by atoms with van der Waals surface area (Å²) in [5, 5.41) is 17.4. The average molecular weight is 242 g/mol. The van der Waals surface area contributed by atoms with E-state index in [4.69, 9.17) is 30.2 Å². The molecule has 1 aromatic carbocycles. The van der Waals surface area contributed by atoms with Gasteiger partial charge in [0.25, 0.3) is 0 Å². The molecule has 1 aliphatic heterocycles. The maximum absolute atomic E-state index is 11.2. The van der Waals surface area contributed by atoms with E-state index in [2.05, 4.69) is 0 Å². The van der Waals surface area contributed by atoms with Crippen LogP contribution < -0.4 is 9.39 Å². The summed E-state index contributed by atoms with van der Waals surface area (Å²) in [4.78, 5) is 11.2. The molecule has 18 heavy (non-hydrogen) atoms. The van der Waals surface area contributed by atoms with Gasteiger partial charge in [0, 0.05) is 0 Å². The Labute approximate surface area is 107 Å². The zero-order valence-corrected chi connectivity index (χ0v) is 9.71. The zero-order chi connectivity index (χ0) is 13.5. The van der Waals surface area contributed by atoms with Gasteiger partial charge in [-0.3, -0.25) is 0 Å². The number of ether oxygens (including phenoxy) is 1. The molecular formula is C10H9B3O5. The van der Waals surface area contributed by atoms with Gasteiger partial charge in [0.05, 0.1) is 22.8 Å². The van der Waals surface area contributed by atoms with Gasteiger partial charge in [-0.1, -0.05) is 6.07 Å². The molecule has 5 nitrogen and oxygen atoms in total. The summed E-state index contributed by atoms with van der Waals surface area (Å²) in [7, 11) is 11.2. The number of methoxy groups -OCH3 is 1. The standard InChI is InChI=1S/C10H9B3O5/c1-17-6-3-2-5-4-10(11,12)13(16)18-8(5)7(6)9(14)15/h2-3,16H,4H2,1H3,(H,14,15). The number of carboxylic acids is 1.